The molecule has 0 aliphatic heterocycles. The first-order valence-corrected chi connectivity index (χ1v) is 7.04. The molecule has 1 unspecified atom stereocenters. The SMILES string of the molecule is CCCCCCCCCCCC(S)Cl. The Balaban J connectivity index is 2.85. The van der Waals surface area contributed by atoms with E-state index >= 15 is 0 Å². The van der Waals surface area contributed by atoms with Crippen molar-refractivity contribution >= 4 is 24.2 Å². The minimum absolute atomic E-state index is 0.0690. The molecule has 0 saturated heterocycles. The molecule has 86 valence electrons. The van der Waals surface area contributed by atoms with Gasteiger partial charge in [-0.15, -0.1) is 11.6 Å². The van der Waals surface area contributed by atoms with E-state index < -0.39 is 0 Å². The summed E-state index contributed by atoms with van der Waals surface area (Å²) in [7, 11) is 0. The molecular formula is C12H25ClS. The predicted octanol–water partition coefficient (Wildman–Crippen LogP) is 5.40. The summed E-state index contributed by atoms with van der Waals surface area (Å²) in [6.07, 6.45) is 13.4. The zero-order valence-corrected chi connectivity index (χ0v) is 11.1. The second kappa shape index (κ2) is 11.7. The molecule has 14 heavy (non-hydrogen) atoms. The average molecular weight is 237 g/mol. The van der Waals surface area contributed by atoms with E-state index in [4.69, 9.17) is 11.6 Å². The van der Waals surface area contributed by atoms with E-state index in [9.17, 15) is 0 Å². The molecule has 0 N–H and O–H groups in total. The molecule has 2 heteroatoms. The normalized spacial score (nSPS) is 13.1. The van der Waals surface area contributed by atoms with Crippen molar-refractivity contribution in [2.45, 2.75) is 75.8 Å². The van der Waals surface area contributed by atoms with Crippen molar-refractivity contribution in [1.82, 2.24) is 0 Å². The third-order valence-electron chi connectivity index (χ3n) is 2.55. The van der Waals surface area contributed by atoms with Gasteiger partial charge in [0, 0.05) is 0 Å². The van der Waals surface area contributed by atoms with Crippen molar-refractivity contribution in [3.63, 3.8) is 0 Å². The third-order valence-corrected chi connectivity index (χ3v) is 3.02. The second-order valence-corrected chi connectivity index (χ2v) is 5.51. The fraction of sp³-hybridized carbons (Fsp3) is 1.00. The summed E-state index contributed by atoms with van der Waals surface area (Å²) in [5.41, 5.74) is 0. The number of unbranched alkanes of at least 4 members (excludes halogenated alkanes) is 8. The lowest BCUT2D eigenvalue weighted by Crippen LogP contribution is -1.87. The molecule has 0 saturated carbocycles. The lowest BCUT2D eigenvalue weighted by Gasteiger charge is -2.02. The van der Waals surface area contributed by atoms with Crippen LogP contribution in [0.2, 0.25) is 0 Å². The fourth-order valence-corrected chi connectivity index (χ4v) is 1.96. The van der Waals surface area contributed by atoms with Crippen molar-refractivity contribution in [1.29, 1.82) is 0 Å². The van der Waals surface area contributed by atoms with Crippen LogP contribution in [-0.2, 0) is 0 Å². The second-order valence-electron chi connectivity index (χ2n) is 4.05. The molecule has 0 aromatic carbocycles. The van der Waals surface area contributed by atoms with E-state index in [2.05, 4.69) is 19.6 Å². The van der Waals surface area contributed by atoms with Crippen LogP contribution >= 0.6 is 24.2 Å². The van der Waals surface area contributed by atoms with E-state index in [0.717, 1.165) is 6.42 Å². The van der Waals surface area contributed by atoms with Gasteiger partial charge in [0.05, 0.1) is 4.71 Å². The van der Waals surface area contributed by atoms with Crippen LogP contribution in [-0.4, -0.2) is 4.71 Å². The van der Waals surface area contributed by atoms with Crippen molar-refractivity contribution in [2.75, 3.05) is 0 Å². The quantitative estimate of drug-likeness (QED) is 0.293. The molecule has 0 heterocycles. The number of alkyl halides is 1. The molecule has 0 spiro atoms. The fourth-order valence-electron chi connectivity index (χ4n) is 1.62. The maximum Gasteiger partial charge on any atom is 0.0759 e. The van der Waals surface area contributed by atoms with Gasteiger partial charge < -0.3 is 0 Å². The minimum atomic E-state index is 0.0690. The van der Waals surface area contributed by atoms with Gasteiger partial charge in [-0.25, -0.2) is 0 Å². The lowest BCUT2D eigenvalue weighted by molar-refractivity contribution is 0.561. The summed E-state index contributed by atoms with van der Waals surface area (Å²) < 4.78 is 0.0690. The Morgan fingerprint density at radius 3 is 1.71 bits per heavy atom. The highest BCUT2D eigenvalue weighted by atomic mass is 35.5. The van der Waals surface area contributed by atoms with Crippen molar-refractivity contribution in [2.24, 2.45) is 0 Å². The molecule has 0 aliphatic carbocycles. The van der Waals surface area contributed by atoms with Crippen LogP contribution in [0.5, 0.6) is 0 Å². The maximum absolute atomic E-state index is 5.74. The zero-order chi connectivity index (χ0) is 10.6. The molecule has 1 atom stereocenters. The van der Waals surface area contributed by atoms with Crippen LogP contribution in [0.3, 0.4) is 0 Å². The summed E-state index contributed by atoms with van der Waals surface area (Å²) in [6.45, 7) is 2.26. The first-order chi connectivity index (χ1) is 6.77. The van der Waals surface area contributed by atoms with Gasteiger partial charge in [-0.3, -0.25) is 0 Å². The van der Waals surface area contributed by atoms with Crippen LogP contribution in [0.1, 0.15) is 71.1 Å². The van der Waals surface area contributed by atoms with Gasteiger partial charge in [0.25, 0.3) is 0 Å². The van der Waals surface area contributed by atoms with Crippen LogP contribution in [0.4, 0.5) is 0 Å². The van der Waals surface area contributed by atoms with Crippen molar-refractivity contribution < 1.29 is 0 Å². The number of hydrogen-bond donors (Lipinski definition) is 1. The highest BCUT2D eigenvalue weighted by Crippen LogP contribution is 2.14. The minimum Gasteiger partial charge on any atom is -0.160 e. The van der Waals surface area contributed by atoms with Crippen LogP contribution in [0, 0.1) is 0 Å². The maximum atomic E-state index is 5.74. The molecule has 0 amide bonds. The summed E-state index contributed by atoms with van der Waals surface area (Å²) in [6, 6.07) is 0. The topological polar surface area (TPSA) is 0 Å². The Bertz CT molecular complexity index is 104. The van der Waals surface area contributed by atoms with Crippen LogP contribution in [0.15, 0.2) is 0 Å². The molecular weight excluding hydrogens is 212 g/mol. The van der Waals surface area contributed by atoms with E-state index in [0.29, 0.717) is 0 Å². The highest BCUT2D eigenvalue weighted by Gasteiger charge is 1.96. The van der Waals surface area contributed by atoms with Crippen LogP contribution in [0.25, 0.3) is 0 Å². The molecule has 0 aromatic heterocycles. The van der Waals surface area contributed by atoms with Gasteiger partial charge in [-0.1, -0.05) is 64.7 Å². The number of hydrogen-bond acceptors (Lipinski definition) is 1. The molecule has 0 nitrogen and oxygen atoms in total. The average Bonchev–Trinajstić information content (AvgIpc) is 2.15. The van der Waals surface area contributed by atoms with Gasteiger partial charge in [-0.2, -0.15) is 12.6 Å². The Morgan fingerprint density at radius 2 is 1.29 bits per heavy atom. The van der Waals surface area contributed by atoms with Gasteiger partial charge in [0.15, 0.2) is 0 Å². The number of thiol groups is 1. The zero-order valence-electron chi connectivity index (χ0n) is 9.47. The smallest absolute Gasteiger partial charge is 0.0759 e. The van der Waals surface area contributed by atoms with E-state index in [1.165, 1.54) is 57.8 Å². The number of halogens is 1. The highest BCUT2D eigenvalue weighted by molar-refractivity contribution is 7.82. The van der Waals surface area contributed by atoms with E-state index in [-0.39, 0.29) is 4.71 Å². The first kappa shape index (κ1) is 14.6. The largest absolute Gasteiger partial charge is 0.160 e. The van der Waals surface area contributed by atoms with Crippen molar-refractivity contribution in [3.05, 3.63) is 0 Å². The molecule has 0 fully saturated rings. The van der Waals surface area contributed by atoms with Crippen molar-refractivity contribution in [3.8, 4) is 0 Å². The van der Waals surface area contributed by atoms with Crippen LogP contribution < -0.4 is 0 Å². The van der Waals surface area contributed by atoms with E-state index in [1.807, 2.05) is 0 Å². The summed E-state index contributed by atoms with van der Waals surface area (Å²) in [5, 5.41) is 0. The number of rotatable bonds is 10. The standard InChI is InChI=1S/C12H25ClS/c1-2-3-4-5-6-7-8-9-10-11-12(13)14/h12,14H,2-11H2,1H3. The molecule has 0 radical (unpaired) electrons. The Labute approximate surface area is 100 Å². The Morgan fingerprint density at radius 1 is 0.857 bits per heavy atom. The molecule has 0 rings (SSSR count). The van der Waals surface area contributed by atoms with Gasteiger partial charge in [0.1, 0.15) is 0 Å². The Kier molecular flexibility index (Phi) is 12.2. The molecule has 0 bridgehead atoms. The van der Waals surface area contributed by atoms with Gasteiger partial charge >= 0.3 is 0 Å². The summed E-state index contributed by atoms with van der Waals surface area (Å²) in [4.78, 5) is 0. The van der Waals surface area contributed by atoms with Gasteiger partial charge in [-0.05, 0) is 6.42 Å². The summed E-state index contributed by atoms with van der Waals surface area (Å²) in [5.74, 6) is 0. The summed E-state index contributed by atoms with van der Waals surface area (Å²) >= 11 is 9.88. The molecule has 0 aliphatic rings. The third kappa shape index (κ3) is 12.6. The first-order valence-electron chi connectivity index (χ1n) is 6.09. The van der Waals surface area contributed by atoms with E-state index in [1.54, 1.807) is 0 Å². The lowest BCUT2D eigenvalue weighted by atomic mass is 10.1. The Hall–Kier alpha value is 0.640. The predicted molar refractivity (Wildman–Crippen MR) is 70.5 cm³/mol. The molecule has 0 aromatic rings. The van der Waals surface area contributed by atoms with Gasteiger partial charge in [0.2, 0.25) is 0 Å². The monoisotopic (exact) mass is 236 g/mol.